The zero-order valence-electron chi connectivity index (χ0n) is 16.1. The van der Waals surface area contributed by atoms with Gasteiger partial charge in [0.05, 0.1) is 19.3 Å². The van der Waals surface area contributed by atoms with Gasteiger partial charge in [-0.1, -0.05) is 12.1 Å². The molecule has 0 spiro atoms. The lowest BCUT2D eigenvalue weighted by atomic mass is 10.2. The average molecular weight is 398 g/mol. The molecule has 8 heteroatoms. The van der Waals surface area contributed by atoms with Crippen molar-refractivity contribution in [1.82, 2.24) is 10.9 Å². The number of carbonyl (C=O) groups excluding carboxylic acids is 3. The number of methoxy groups -OCH3 is 1. The van der Waals surface area contributed by atoms with Gasteiger partial charge in [0.2, 0.25) is 0 Å². The first kappa shape index (κ1) is 21.5. The number of ether oxygens (including phenoxy) is 3. The van der Waals surface area contributed by atoms with E-state index in [4.69, 9.17) is 14.2 Å². The van der Waals surface area contributed by atoms with Gasteiger partial charge >= 0.3 is 5.97 Å². The minimum Gasteiger partial charge on any atom is -0.497 e. The van der Waals surface area contributed by atoms with Crippen LogP contribution in [0.1, 0.15) is 22.8 Å². The highest BCUT2D eigenvalue weighted by Gasteiger charge is 2.07. The molecule has 2 amide bonds. The van der Waals surface area contributed by atoms with E-state index in [1.54, 1.807) is 56.5 Å². The molecule has 0 aliphatic rings. The number of esters is 1. The van der Waals surface area contributed by atoms with Crippen molar-refractivity contribution in [2.75, 3.05) is 20.3 Å². The Bertz CT molecular complexity index is 860. The van der Waals surface area contributed by atoms with Crippen LogP contribution in [0.4, 0.5) is 0 Å². The van der Waals surface area contributed by atoms with Crippen molar-refractivity contribution in [2.24, 2.45) is 0 Å². The SMILES string of the molecule is CCOC(=O)c1ccc(OCC(=O)NNC(=O)/C=C/c2ccc(OC)cc2)cc1. The molecule has 0 unspecified atom stereocenters. The first-order valence-corrected chi connectivity index (χ1v) is 8.82. The number of rotatable bonds is 8. The summed E-state index contributed by atoms with van der Waals surface area (Å²) in [4.78, 5) is 35.1. The Morgan fingerprint density at radius 1 is 0.931 bits per heavy atom. The maximum Gasteiger partial charge on any atom is 0.338 e. The minimum absolute atomic E-state index is 0.290. The van der Waals surface area contributed by atoms with E-state index in [2.05, 4.69) is 10.9 Å². The summed E-state index contributed by atoms with van der Waals surface area (Å²) in [7, 11) is 1.57. The van der Waals surface area contributed by atoms with Gasteiger partial charge < -0.3 is 14.2 Å². The Morgan fingerprint density at radius 2 is 1.59 bits per heavy atom. The van der Waals surface area contributed by atoms with Gasteiger partial charge in [-0.3, -0.25) is 20.4 Å². The molecule has 0 atom stereocenters. The van der Waals surface area contributed by atoms with E-state index in [-0.39, 0.29) is 13.2 Å². The van der Waals surface area contributed by atoms with Crippen LogP contribution in [-0.2, 0) is 14.3 Å². The first-order chi connectivity index (χ1) is 14.0. The molecule has 0 saturated heterocycles. The fourth-order valence-corrected chi connectivity index (χ4v) is 2.15. The predicted octanol–water partition coefficient (Wildman–Crippen LogP) is 2.11. The zero-order chi connectivity index (χ0) is 21.1. The van der Waals surface area contributed by atoms with Crippen molar-refractivity contribution < 1.29 is 28.6 Å². The van der Waals surface area contributed by atoms with E-state index in [0.29, 0.717) is 11.3 Å². The molecule has 0 aliphatic carbocycles. The van der Waals surface area contributed by atoms with Crippen LogP contribution < -0.4 is 20.3 Å². The molecular formula is C21H22N2O6. The molecule has 8 nitrogen and oxygen atoms in total. The second-order valence-corrected chi connectivity index (χ2v) is 5.68. The molecule has 2 N–H and O–H groups in total. The quantitative estimate of drug-likeness (QED) is 0.401. The van der Waals surface area contributed by atoms with Crippen LogP contribution in [0.3, 0.4) is 0 Å². The third kappa shape index (κ3) is 7.37. The highest BCUT2D eigenvalue weighted by atomic mass is 16.5. The lowest BCUT2D eigenvalue weighted by Crippen LogP contribution is -2.43. The molecule has 0 saturated carbocycles. The Balaban J connectivity index is 1.72. The molecule has 0 bridgehead atoms. The monoisotopic (exact) mass is 398 g/mol. The Morgan fingerprint density at radius 3 is 2.21 bits per heavy atom. The maximum atomic E-state index is 11.8. The van der Waals surface area contributed by atoms with Crippen LogP contribution >= 0.6 is 0 Å². The highest BCUT2D eigenvalue weighted by molar-refractivity contribution is 5.93. The molecule has 2 aromatic carbocycles. The summed E-state index contributed by atoms with van der Waals surface area (Å²) in [5.74, 6) is -0.339. The van der Waals surface area contributed by atoms with Gasteiger partial charge in [-0.2, -0.15) is 0 Å². The molecule has 2 aromatic rings. The van der Waals surface area contributed by atoms with E-state index in [1.165, 1.54) is 18.2 Å². The highest BCUT2D eigenvalue weighted by Crippen LogP contribution is 2.13. The van der Waals surface area contributed by atoms with Crippen LogP contribution in [0.2, 0.25) is 0 Å². The van der Waals surface area contributed by atoms with Gasteiger partial charge in [0.25, 0.3) is 11.8 Å². The Kier molecular flexibility index (Phi) is 8.25. The largest absolute Gasteiger partial charge is 0.497 e. The predicted molar refractivity (Wildman–Crippen MR) is 106 cm³/mol. The van der Waals surface area contributed by atoms with Crippen molar-refractivity contribution in [2.45, 2.75) is 6.92 Å². The lowest BCUT2D eigenvalue weighted by molar-refractivity contribution is -0.128. The molecule has 0 aliphatic heterocycles. The van der Waals surface area contributed by atoms with Gasteiger partial charge in [-0.25, -0.2) is 4.79 Å². The maximum absolute atomic E-state index is 11.8. The van der Waals surface area contributed by atoms with Gasteiger partial charge in [-0.05, 0) is 55.0 Å². The third-order valence-electron chi connectivity index (χ3n) is 3.60. The van der Waals surface area contributed by atoms with Gasteiger partial charge in [0, 0.05) is 6.08 Å². The number of hydrogen-bond donors (Lipinski definition) is 2. The standard InChI is InChI=1S/C21H22N2O6/c1-3-28-21(26)16-7-11-18(12-8-16)29-14-20(25)23-22-19(24)13-6-15-4-9-17(27-2)10-5-15/h4-13H,3,14H2,1-2H3,(H,22,24)(H,23,25)/b13-6+. The molecule has 29 heavy (non-hydrogen) atoms. The molecule has 0 heterocycles. The second kappa shape index (κ2) is 11.1. The Labute approximate surface area is 168 Å². The van der Waals surface area contributed by atoms with Gasteiger partial charge in [0.1, 0.15) is 11.5 Å². The minimum atomic E-state index is -0.536. The van der Waals surface area contributed by atoms with Crippen LogP contribution in [-0.4, -0.2) is 38.1 Å². The van der Waals surface area contributed by atoms with Crippen LogP contribution in [0.15, 0.2) is 54.6 Å². The average Bonchev–Trinajstić information content (AvgIpc) is 2.75. The summed E-state index contributed by atoms with van der Waals surface area (Å²) in [6.45, 7) is 1.71. The van der Waals surface area contributed by atoms with Crippen molar-refractivity contribution >= 4 is 23.9 Å². The summed E-state index contributed by atoms with van der Waals surface area (Å²) in [5, 5.41) is 0. The fraction of sp³-hybridized carbons (Fsp3) is 0.190. The number of carbonyl (C=O) groups is 3. The number of nitrogens with one attached hydrogen (secondary N) is 2. The molecule has 0 aromatic heterocycles. The Hall–Kier alpha value is -3.81. The molecule has 152 valence electrons. The summed E-state index contributed by atoms with van der Waals surface area (Å²) in [6.07, 6.45) is 2.89. The van der Waals surface area contributed by atoms with E-state index >= 15 is 0 Å². The van der Waals surface area contributed by atoms with Crippen molar-refractivity contribution in [1.29, 1.82) is 0 Å². The fourth-order valence-electron chi connectivity index (χ4n) is 2.15. The van der Waals surface area contributed by atoms with Gasteiger partial charge in [0.15, 0.2) is 6.61 Å². The first-order valence-electron chi connectivity index (χ1n) is 8.82. The van der Waals surface area contributed by atoms with Gasteiger partial charge in [-0.15, -0.1) is 0 Å². The normalized spacial score (nSPS) is 10.3. The van der Waals surface area contributed by atoms with Crippen molar-refractivity contribution in [3.63, 3.8) is 0 Å². The zero-order valence-corrected chi connectivity index (χ0v) is 16.1. The van der Waals surface area contributed by atoms with E-state index < -0.39 is 17.8 Å². The molecule has 0 radical (unpaired) electrons. The van der Waals surface area contributed by atoms with Crippen LogP contribution in [0.25, 0.3) is 6.08 Å². The molecule has 2 rings (SSSR count). The van der Waals surface area contributed by atoms with E-state index in [0.717, 1.165) is 11.3 Å². The third-order valence-corrected chi connectivity index (χ3v) is 3.60. The summed E-state index contributed by atoms with van der Waals surface area (Å²) >= 11 is 0. The van der Waals surface area contributed by atoms with Crippen molar-refractivity contribution in [3.05, 3.63) is 65.7 Å². The molecule has 0 fully saturated rings. The topological polar surface area (TPSA) is 103 Å². The number of amides is 2. The van der Waals surface area contributed by atoms with Crippen LogP contribution in [0, 0.1) is 0 Å². The summed E-state index contributed by atoms with van der Waals surface area (Å²) in [5.41, 5.74) is 5.70. The molecular weight excluding hydrogens is 376 g/mol. The second-order valence-electron chi connectivity index (χ2n) is 5.68. The van der Waals surface area contributed by atoms with E-state index in [1.807, 2.05) is 0 Å². The number of hydrogen-bond acceptors (Lipinski definition) is 6. The van der Waals surface area contributed by atoms with Crippen LogP contribution in [0.5, 0.6) is 11.5 Å². The van der Waals surface area contributed by atoms with Crippen molar-refractivity contribution in [3.8, 4) is 11.5 Å². The number of hydrazine groups is 1. The lowest BCUT2D eigenvalue weighted by Gasteiger charge is -2.08. The smallest absolute Gasteiger partial charge is 0.338 e. The number of benzene rings is 2. The van der Waals surface area contributed by atoms with E-state index in [9.17, 15) is 14.4 Å². The summed E-state index contributed by atoms with van der Waals surface area (Å²) in [6, 6.07) is 13.3. The summed E-state index contributed by atoms with van der Waals surface area (Å²) < 4.78 is 15.2.